The van der Waals surface area contributed by atoms with E-state index in [2.05, 4.69) is 22.3 Å². The first-order valence-corrected chi connectivity index (χ1v) is 10.9. The van der Waals surface area contributed by atoms with Crippen LogP contribution in [0.4, 0.5) is 0 Å². The van der Waals surface area contributed by atoms with Gasteiger partial charge in [-0.25, -0.2) is 0 Å². The fourth-order valence-corrected chi connectivity index (χ4v) is 5.33. The van der Waals surface area contributed by atoms with Crippen LogP contribution in [-0.4, -0.2) is 50.7 Å². The summed E-state index contributed by atoms with van der Waals surface area (Å²) in [5.74, 6) is 2.28. The molecular weight excluding hydrogens is 352 g/mol. The highest BCUT2D eigenvalue weighted by atomic mass is 16.5. The summed E-state index contributed by atoms with van der Waals surface area (Å²) < 4.78 is 10.8. The van der Waals surface area contributed by atoms with E-state index < -0.39 is 0 Å². The van der Waals surface area contributed by atoms with E-state index in [0.29, 0.717) is 17.4 Å². The van der Waals surface area contributed by atoms with Crippen LogP contribution in [0, 0.1) is 11.3 Å². The van der Waals surface area contributed by atoms with E-state index in [-0.39, 0.29) is 5.92 Å². The summed E-state index contributed by atoms with van der Waals surface area (Å²) in [5.41, 5.74) is 1.57. The Hall–Kier alpha value is -1.75. The van der Waals surface area contributed by atoms with Crippen molar-refractivity contribution in [2.45, 2.75) is 57.4 Å². The van der Waals surface area contributed by atoms with Gasteiger partial charge in [-0.15, -0.1) is 0 Å². The van der Waals surface area contributed by atoms with Crippen LogP contribution in [0.5, 0.6) is 11.5 Å². The molecule has 3 aliphatic rings. The monoisotopic (exact) mass is 386 g/mol. The van der Waals surface area contributed by atoms with Gasteiger partial charge in [0.15, 0.2) is 11.5 Å². The van der Waals surface area contributed by atoms with Crippen molar-refractivity contribution in [2.24, 2.45) is 11.3 Å². The van der Waals surface area contributed by atoms with Gasteiger partial charge in [-0.3, -0.25) is 4.79 Å². The summed E-state index contributed by atoms with van der Waals surface area (Å²) in [6, 6.07) is 6.54. The van der Waals surface area contributed by atoms with Crippen LogP contribution in [0.3, 0.4) is 0 Å². The number of aryl methyl sites for hydroxylation is 1. The lowest BCUT2D eigenvalue weighted by atomic mass is 9.90. The van der Waals surface area contributed by atoms with Crippen LogP contribution in [0.1, 0.15) is 50.5 Å². The van der Waals surface area contributed by atoms with Crippen LogP contribution >= 0.6 is 0 Å². The lowest BCUT2D eigenvalue weighted by Crippen LogP contribution is -2.46. The van der Waals surface area contributed by atoms with E-state index in [0.717, 1.165) is 63.2 Å². The van der Waals surface area contributed by atoms with Gasteiger partial charge in [0.1, 0.15) is 0 Å². The van der Waals surface area contributed by atoms with E-state index in [4.69, 9.17) is 9.47 Å². The number of likely N-dealkylation sites (tertiary alicyclic amines) is 1. The Bertz CT molecular complexity index is 699. The highest BCUT2D eigenvalue weighted by molar-refractivity contribution is 5.83. The molecule has 1 aliphatic carbocycles. The average Bonchev–Trinajstić information content (AvgIpc) is 3.44. The summed E-state index contributed by atoms with van der Waals surface area (Å²) in [6.45, 7) is 3.10. The molecule has 2 heterocycles. The van der Waals surface area contributed by atoms with Crippen LogP contribution in [0.2, 0.25) is 0 Å². The lowest BCUT2D eigenvalue weighted by molar-refractivity contribution is -0.137. The highest BCUT2D eigenvalue weighted by Gasteiger charge is 2.59. The fraction of sp³-hybridized carbons (Fsp3) is 0.696. The number of nitrogens with zero attached hydrogens (tertiary/aromatic N) is 1. The zero-order valence-electron chi connectivity index (χ0n) is 17.3. The van der Waals surface area contributed by atoms with Gasteiger partial charge >= 0.3 is 0 Å². The molecule has 4 rings (SSSR count). The van der Waals surface area contributed by atoms with Gasteiger partial charge in [0, 0.05) is 18.5 Å². The Morgan fingerprint density at radius 1 is 1.18 bits per heavy atom. The maximum atomic E-state index is 13.3. The normalized spacial score (nSPS) is 26.1. The van der Waals surface area contributed by atoms with E-state index in [9.17, 15) is 4.79 Å². The number of piperidine rings is 2. The molecule has 1 aromatic carbocycles. The predicted molar refractivity (Wildman–Crippen MR) is 110 cm³/mol. The van der Waals surface area contributed by atoms with Crippen molar-refractivity contribution < 1.29 is 14.3 Å². The number of benzene rings is 1. The van der Waals surface area contributed by atoms with Crippen molar-refractivity contribution >= 4 is 5.91 Å². The number of rotatable bonds is 6. The van der Waals surface area contributed by atoms with Gasteiger partial charge in [0.05, 0.1) is 14.2 Å². The highest BCUT2D eigenvalue weighted by Crippen LogP contribution is 2.59. The third-order valence-electron chi connectivity index (χ3n) is 7.21. The zero-order valence-corrected chi connectivity index (χ0v) is 17.3. The van der Waals surface area contributed by atoms with E-state index in [1.165, 1.54) is 24.8 Å². The summed E-state index contributed by atoms with van der Waals surface area (Å²) >= 11 is 0. The minimum Gasteiger partial charge on any atom is -0.493 e. The Labute approximate surface area is 168 Å². The van der Waals surface area contributed by atoms with E-state index in [1.54, 1.807) is 14.2 Å². The molecule has 2 atom stereocenters. The second-order valence-electron chi connectivity index (χ2n) is 8.78. The first-order valence-electron chi connectivity index (χ1n) is 10.9. The Balaban J connectivity index is 1.38. The molecule has 0 aromatic heterocycles. The molecule has 1 N–H and O–H groups in total. The van der Waals surface area contributed by atoms with Gasteiger partial charge in [0.25, 0.3) is 0 Å². The molecule has 2 aliphatic heterocycles. The first kappa shape index (κ1) is 19.6. The second kappa shape index (κ2) is 8.32. The van der Waals surface area contributed by atoms with Gasteiger partial charge in [-0.05, 0) is 87.6 Å². The molecule has 0 bridgehead atoms. The van der Waals surface area contributed by atoms with Crippen LogP contribution in [0.25, 0.3) is 0 Å². The number of hydrogen-bond donors (Lipinski definition) is 1. The molecule has 5 nitrogen and oxygen atoms in total. The molecule has 1 spiro atoms. The van der Waals surface area contributed by atoms with Crippen LogP contribution < -0.4 is 14.8 Å². The van der Waals surface area contributed by atoms with Crippen molar-refractivity contribution in [1.29, 1.82) is 0 Å². The van der Waals surface area contributed by atoms with Crippen LogP contribution in [0.15, 0.2) is 18.2 Å². The first-order chi connectivity index (χ1) is 13.7. The fourth-order valence-electron chi connectivity index (χ4n) is 5.33. The third kappa shape index (κ3) is 3.86. The SMILES string of the molecule is COc1ccc(CCC2CCCCN2C(=O)C2CC23CCNCC3)cc1OC. The smallest absolute Gasteiger partial charge is 0.226 e. The Morgan fingerprint density at radius 3 is 2.71 bits per heavy atom. The molecule has 1 aromatic rings. The predicted octanol–water partition coefficient (Wildman–Crippen LogP) is 3.41. The summed E-state index contributed by atoms with van der Waals surface area (Å²) in [7, 11) is 3.34. The lowest BCUT2D eigenvalue weighted by Gasteiger charge is -2.37. The molecule has 0 radical (unpaired) electrons. The largest absolute Gasteiger partial charge is 0.493 e. The van der Waals surface area contributed by atoms with E-state index >= 15 is 0 Å². The van der Waals surface area contributed by atoms with E-state index in [1.807, 2.05) is 6.07 Å². The molecule has 2 unspecified atom stereocenters. The Morgan fingerprint density at radius 2 is 1.96 bits per heavy atom. The van der Waals surface area contributed by atoms with Crippen LogP contribution in [-0.2, 0) is 11.2 Å². The topological polar surface area (TPSA) is 50.8 Å². The maximum absolute atomic E-state index is 13.3. The second-order valence-corrected chi connectivity index (χ2v) is 8.78. The van der Waals surface area contributed by atoms with Crippen molar-refractivity contribution in [1.82, 2.24) is 10.2 Å². The molecule has 154 valence electrons. The molecule has 2 saturated heterocycles. The molecule has 1 saturated carbocycles. The van der Waals surface area contributed by atoms with Gasteiger partial charge in [-0.1, -0.05) is 6.07 Å². The summed E-state index contributed by atoms with van der Waals surface area (Å²) in [4.78, 5) is 15.6. The summed E-state index contributed by atoms with van der Waals surface area (Å²) in [5, 5.41) is 3.44. The molecule has 1 amide bonds. The summed E-state index contributed by atoms with van der Waals surface area (Å²) in [6.07, 6.45) is 8.99. The van der Waals surface area contributed by atoms with Crippen molar-refractivity contribution in [2.75, 3.05) is 33.9 Å². The van der Waals surface area contributed by atoms with Gasteiger partial charge in [0.2, 0.25) is 5.91 Å². The average molecular weight is 387 g/mol. The van der Waals surface area contributed by atoms with Crippen molar-refractivity contribution in [3.63, 3.8) is 0 Å². The van der Waals surface area contributed by atoms with Gasteiger partial charge < -0.3 is 19.7 Å². The molecule has 28 heavy (non-hydrogen) atoms. The van der Waals surface area contributed by atoms with Crippen molar-refractivity contribution in [3.8, 4) is 11.5 Å². The zero-order chi connectivity index (χ0) is 19.6. The molecule has 3 fully saturated rings. The minimum absolute atomic E-state index is 0.288. The number of hydrogen-bond acceptors (Lipinski definition) is 4. The number of carbonyl (C=O) groups is 1. The minimum atomic E-state index is 0.288. The standard InChI is InChI=1S/C23H34N2O3/c1-27-20-9-7-17(15-21(20)28-2)6-8-18-5-3-4-14-25(18)22(26)19-16-23(19)10-12-24-13-11-23/h7,9,15,18-19,24H,3-6,8,10-14,16H2,1-2H3. The Kier molecular flexibility index (Phi) is 5.81. The number of carbonyl (C=O) groups excluding carboxylic acids is 1. The quantitative estimate of drug-likeness (QED) is 0.814. The maximum Gasteiger partial charge on any atom is 0.226 e. The third-order valence-corrected chi connectivity index (χ3v) is 7.21. The molecular formula is C23H34N2O3. The van der Waals surface area contributed by atoms with Gasteiger partial charge in [-0.2, -0.15) is 0 Å². The number of ether oxygens (including phenoxy) is 2. The number of nitrogens with one attached hydrogen (secondary N) is 1. The number of methoxy groups -OCH3 is 2. The number of amides is 1. The molecule has 5 heteroatoms. The van der Waals surface area contributed by atoms with Crippen molar-refractivity contribution in [3.05, 3.63) is 23.8 Å².